The molecule has 0 spiro atoms. The van der Waals surface area contributed by atoms with Crippen molar-refractivity contribution in [1.82, 2.24) is 18.6 Å². The number of hydrogen-bond donors (Lipinski definition) is 0. The van der Waals surface area contributed by atoms with E-state index in [-0.39, 0.29) is 9.79 Å². The van der Waals surface area contributed by atoms with Crippen LogP contribution in [0.5, 0.6) is 17.2 Å². The summed E-state index contributed by atoms with van der Waals surface area (Å²) in [6, 6.07) is 26.4. The van der Waals surface area contributed by atoms with Gasteiger partial charge in [0.1, 0.15) is 27.0 Å². The van der Waals surface area contributed by atoms with Gasteiger partial charge in [-0.1, -0.05) is 79.9 Å². The van der Waals surface area contributed by atoms with Crippen molar-refractivity contribution in [2.45, 2.75) is 29.6 Å². The Hall–Kier alpha value is -4.08. The second kappa shape index (κ2) is 20.8. The van der Waals surface area contributed by atoms with Gasteiger partial charge in [-0.05, 0) is 55.0 Å². The van der Waals surface area contributed by atoms with Gasteiger partial charge >= 0.3 is 0 Å². The third-order valence-electron chi connectivity index (χ3n) is 10.6. The van der Waals surface area contributed by atoms with Gasteiger partial charge in [0.25, 0.3) is 0 Å². The van der Waals surface area contributed by atoms with Crippen molar-refractivity contribution in [3.63, 3.8) is 0 Å². The van der Waals surface area contributed by atoms with Crippen molar-refractivity contribution < 1.29 is 31.0 Å². The minimum Gasteiger partial charge on any atom is -0.496 e. The highest BCUT2D eigenvalue weighted by Gasteiger charge is 2.33. The number of hydrogen-bond acceptors (Lipinski definition) is 13. The van der Waals surface area contributed by atoms with Crippen molar-refractivity contribution in [2.24, 2.45) is 0 Å². The number of halogens is 2. The number of thiazole rings is 2. The van der Waals surface area contributed by atoms with Crippen LogP contribution in [0.2, 0.25) is 0 Å². The molecule has 2 aromatic heterocycles. The second-order valence-corrected chi connectivity index (χ2v) is 22.1. The first kappa shape index (κ1) is 46.9. The monoisotopic (exact) mass is 1060 g/mol. The van der Waals surface area contributed by atoms with E-state index in [4.69, 9.17) is 24.2 Å². The quantitative estimate of drug-likeness (QED) is 0.111. The summed E-state index contributed by atoms with van der Waals surface area (Å²) in [5, 5.41) is 6.00. The van der Waals surface area contributed by atoms with E-state index >= 15 is 0 Å². The molecule has 0 bridgehead atoms. The smallest absolute Gasteiger partial charge is 0.246 e. The van der Waals surface area contributed by atoms with Crippen molar-refractivity contribution in [2.75, 3.05) is 83.5 Å². The third kappa shape index (κ3) is 11.2. The average Bonchev–Trinajstić information content (AvgIpc) is 3.97. The number of piperazine rings is 2. The summed E-state index contributed by atoms with van der Waals surface area (Å²) in [4.78, 5) is 14.2. The van der Waals surface area contributed by atoms with Crippen LogP contribution in [0.1, 0.15) is 28.1 Å². The summed E-state index contributed by atoms with van der Waals surface area (Å²) < 4.78 is 73.2. The number of ether oxygens (including phenoxy) is 3. The molecule has 0 unspecified atom stereocenters. The molecule has 2 aliphatic heterocycles. The fraction of sp³-hybridized carbons (Fsp3) is 0.318. The number of nitrogens with zero attached hydrogens (tertiary/aromatic N) is 6. The molecule has 2 fully saturated rings. The summed E-state index contributed by atoms with van der Waals surface area (Å²) in [7, 11) is -2.66. The lowest BCUT2D eigenvalue weighted by molar-refractivity contribution is 0.373. The van der Waals surface area contributed by atoms with E-state index in [1.54, 1.807) is 66.2 Å². The van der Waals surface area contributed by atoms with Crippen molar-refractivity contribution in [3.05, 3.63) is 133 Å². The van der Waals surface area contributed by atoms with Gasteiger partial charge in [-0.25, -0.2) is 26.8 Å². The van der Waals surface area contributed by atoms with Crippen LogP contribution in [-0.2, 0) is 32.9 Å². The van der Waals surface area contributed by atoms with E-state index in [1.165, 1.54) is 34.0 Å². The first-order valence-electron chi connectivity index (χ1n) is 20.0. The van der Waals surface area contributed by atoms with E-state index in [0.29, 0.717) is 79.2 Å². The van der Waals surface area contributed by atoms with Crippen molar-refractivity contribution >= 4 is 84.8 Å². The molecule has 0 radical (unpaired) electrons. The Morgan fingerprint density at radius 1 is 0.571 bits per heavy atom. The van der Waals surface area contributed by atoms with Crippen LogP contribution in [-0.4, -0.2) is 109 Å². The number of benzene rings is 4. The van der Waals surface area contributed by atoms with Crippen molar-refractivity contribution in [3.8, 4) is 17.2 Å². The minimum atomic E-state index is -3.66. The molecule has 6 aromatic rings. The molecule has 4 aromatic carbocycles. The fourth-order valence-corrected chi connectivity index (χ4v) is 13.3. The van der Waals surface area contributed by atoms with Gasteiger partial charge in [0.2, 0.25) is 20.0 Å². The number of rotatable bonds is 13. The van der Waals surface area contributed by atoms with Crippen molar-refractivity contribution in [1.29, 1.82) is 0 Å². The maximum atomic E-state index is 13.2. The Morgan fingerprint density at radius 2 is 1.05 bits per heavy atom. The molecule has 0 aliphatic carbocycles. The number of anilines is 2. The van der Waals surface area contributed by atoms with E-state index < -0.39 is 20.0 Å². The SMILES string of the molecule is COc1ccc(Br)cc1S(=O)(=O)N1CCN(c2nc(Cc3cccc(C)c3)cs2)CC1.COc1ccccc1Cc1csc(N2CCN(S(=O)(=O)c3cc(Br)ccc3OC)CC2)n1. The number of aromatic nitrogens is 2. The zero-order chi connectivity index (χ0) is 44.7. The molecule has 13 nitrogen and oxygen atoms in total. The number of sulfonamides is 2. The average molecular weight is 1060 g/mol. The lowest BCUT2D eigenvalue weighted by atomic mass is 10.1. The van der Waals surface area contributed by atoms with Gasteiger partial charge in [0, 0.05) is 90.5 Å². The molecular formula is C44H48Br2N6O7S4. The van der Waals surface area contributed by atoms with Crippen LogP contribution in [0, 0.1) is 6.92 Å². The highest BCUT2D eigenvalue weighted by Crippen LogP contribution is 2.34. The first-order chi connectivity index (χ1) is 30.3. The molecular weight excluding hydrogens is 1010 g/mol. The summed E-state index contributed by atoms with van der Waals surface area (Å²) in [5.41, 5.74) is 5.59. The Bertz CT molecular complexity index is 2740. The molecule has 0 atom stereocenters. The van der Waals surface area contributed by atoms with Gasteiger partial charge in [-0.15, -0.1) is 22.7 Å². The van der Waals surface area contributed by atoms with E-state index in [0.717, 1.165) is 39.4 Å². The summed E-state index contributed by atoms with van der Waals surface area (Å²) in [6.45, 7) is 6.05. The Kier molecular flexibility index (Phi) is 15.5. The highest BCUT2D eigenvalue weighted by atomic mass is 79.9. The lowest BCUT2D eigenvalue weighted by Crippen LogP contribution is -2.48. The summed E-state index contributed by atoms with van der Waals surface area (Å²) in [6.07, 6.45) is 1.49. The Morgan fingerprint density at radius 3 is 1.52 bits per heavy atom. The van der Waals surface area contributed by atoms with Crippen LogP contribution in [0.4, 0.5) is 10.3 Å². The van der Waals surface area contributed by atoms with Crippen LogP contribution in [0.15, 0.2) is 114 Å². The minimum absolute atomic E-state index is 0.177. The molecule has 2 saturated heterocycles. The molecule has 8 rings (SSSR count). The molecule has 63 heavy (non-hydrogen) atoms. The van der Waals surface area contributed by atoms with Gasteiger partial charge in [-0.3, -0.25) is 0 Å². The zero-order valence-corrected chi connectivity index (χ0v) is 41.7. The number of para-hydroxylation sites is 1. The van der Waals surface area contributed by atoms with Gasteiger partial charge in [0.15, 0.2) is 10.3 Å². The first-order valence-corrected chi connectivity index (χ1v) is 26.2. The maximum absolute atomic E-state index is 13.2. The predicted molar refractivity (Wildman–Crippen MR) is 257 cm³/mol. The van der Waals surface area contributed by atoms with Gasteiger partial charge in [-0.2, -0.15) is 8.61 Å². The highest BCUT2D eigenvalue weighted by molar-refractivity contribution is 9.10. The van der Waals surface area contributed by atoms with E-state index in [9.17, 15) is 16.8 Å². The molecule has 2 aliphatic rings. The molecule has 4 heterocycles. The molecule has 334 valence electrons. The lowest BCUT2D eigenvalue weighted by Gasteiger charge is -2.34. The Balaban J connectivity index is 0.000000189. The summed E-state index contributed by atoms with van der Waals surface area (Å²) in [5.74, 6) is 1.55. The van der Waals surface area contributed by atoms with Gasteiger partial charge in [0.05, 0.1) is 32.7 Å². The second-order valence-electron chi connectivity index (χ2n) is 14.8. The van der Waals surface area contributed by atoms with Crippen LogP contribution in [0.3, 0.4) is 0 Å². The van der Waals surface area contributed by atoms with Crippen LogP contribution >= 0.6 is 54.5 Å². The predicted octanol–water partition coefficient (Wildman–Crippen LogP) is 8.35. The normalized spacial score (nSPS) is 15.1. The third-order valence-corrected chi connectivity index (χ3v) is 17.3. The molecule has 0 amide bonds. The standard InChI is InChI=1S/C22H24BrN3O4S2.C22H24BrN3O3S2/c1-29-19-6-4-3-5-16(19)13-18-15-31-22(24-18)25-9-11-26(12-10-25)32(27,28)21-14-17(23)7-8-20(21)30-2;1-16-4-3-5-17(12-16)13-19-15-30-22(24-19)25-8-10-26(11-9-25)31(27,28)21-14-18(23)6-7-20(21)29-2/h3-8,14-15H,9-13H2,1-2H3;3-7,12,14-15H,8-11,13H2,1-2H3. The topological polar surface area (TPSA) is 135 Å². The van der Waals surface area contributed by atoms with Crippen LogP contribution in [0.25, 0.3) is 0 Å². The number of methoxy groups -OCH3 is 3. The largest absolute Gasteiger partial charge is 0.496 e. The Labute approximate surface area is 394 Å². The zero-order valence-electron chi connectivity index (χ0n) is 35.2. The van der Waals surface area contributed by atoms with Crippen LogP contribution < -0.4 is 24.0 Å². The van der Waals surface area contributed by atoms with Gasteiger partial charge < -0.3 is 24.0 Å². The fourth-order valence-electron chi connectivity index (χ4n) is 7.34. The maximum Gasteiger partial charge on any atom is 0.246 e. The van der Waals surface area contributed by atoms with E-state index in [2.05, 4.69) is 83.6 Å². The molecule has 0 N–H and O–H groups in total. The summed E-state index contributed by atoms with van der Waals surface area (Å²) >= 11 is 9.91. The molecule has 0 saturated carbocycles. The molecule has 19 heteroatoms. The number of aryl methyl sites for hydroxylation is 1. The van der Waals surface area contributed by atoms with E-state index in [1.807, 2.05) is 24.3 Å².